The largest absolute Gasteiger partial charge is 0.395 e. The highest BCUT2D eigenvalue weighted by molar-refractivity contribution is 5.39. The van der Waals surface area contributed by atoms with Crippen molar-refractivity contribution in [2.24, 2.45) is 0 Å². The van der Waals surface area contributed by atoms with Crippen LogP contribution in [0.2, 0.25) is 0 Å². The minimum atomic E-state index is -0.708. The number of aliphatic hydroxyl groups is 1. The Hall–Kier alpha value is -1.23. The van der Waals surface area contributed by atoms with Crippen molar-refractivity contribution >= 4 is 5.82 Å². The van der Waals surface area contributed by atoms with Gasteiger partial charge in [0.15, 0.2) is 11.6 Å². The average molecular weight is 202 g/mol. The van der Waals surface area contributed by atoms with Crippen LogP contribution in [-0.4, -0.2) is 29.8 Å². The van der Waals surface area contributed by atoms with Crippen molar-refractivity contribution in [2.45, 2.75) is 6.92 Å². The molecule has 0 saturated heterocycles. The molecule has 0 radical (unpaired) electrons. The van der Waals surface area contributed by atoms with Crippen molar-refractivity contribution in [3.8, 4) is 0 Å². The molecule has 0 amide bonds. The molecule has 1 N–H and O–H groups in total. The highest BCUT2D eigenvalue weighted by Crippen LogP contribution is 2.15. The Morgan fingerprint density at radius 1 is 1.50 bits per heavy atom. The third-order valence-corrected chi connectivity index (χ3v) is 1.84. The fourth-order valence-corrected chi connectivity index (χ4v) is 1.17. The maximum absolute atomic E-state index is 13.2. The first-order chi connectivity index (χ1) is 6.69. The van der Waals surface area contributed by atoms with Gasteiger partial charge in [0, 0.05) is 19.2 Å². The van der Waals surface area contributed by atoms with Crippen LogP contribution in [0.4, 0.5) is 14.6 Å². The molecule has 14 heavy (non-hydrogen) atoms. The van der Waals surface area contributed by atoms with Gasteiger partial charge in [0.1, 0.15) is 5.82 Å². The molecule has 0 fully saturated rings. The third-order valence-electron chi connectivity index (χ3n) is 1.84. The number of hydrogen-bond acceptors (Lipinski definition) is 3. The molecule has 0 aliphatic carbocycles. The molecule has 0 unspecified atom stereocenters. The van der Waals surface area contributed by atoms with E-state index >= 15 is 0 Å². The minimum absolute atomic E-state index is 0.0722. The van der Waals surface area contributed by atoms with E-state index in [1.165, 1.54) is 4.90 Å². The summed E-state index contributed by atoms with van der Waals surface area (Å²) in [5.74, 6) is -1.34. The van der Waals surface area contributed by atoms with Gasteiger partial charge in [-0.15, -0.1) is 0 Å². The number of nitrogens with zero attached hydrogens (tertiary/aromatic N) is 2. The molecule has 78 valence electrons. The third kappa shape index (κ3) is 2.38. The van der Waals surface area contributed by atoms with Crippen molar-refractivity contribution in [3.63, 3.8) is 0 Å². The van der Waals surface area contributed by atoms with Gasteiger partial charge in [0.2, 0.25) is 0 Å². The molecule has 0 aromatic carbocycles. The summed E-state index contributed by atoms with van der Waals surface area (Å²) in [6.07, 6.45) is 0.957. The number of halogens is 2. The Balaban J connectivity index is 2.92. The highest BCUT2D eigenvalue weighted by atomic mass is 19.1. The summed E-state index contributed by atoms with van der Waals surface area (Å²) in [7, 11) is 0. The molecule has 1 aromatic heterocycles. The molecule has 1 aromatic rings. The van der Waals surface area contributed by atoms with Crippen LogP contribution in [0.3, 0.4) is 0 Å². The predicted octanol–water partition coefficient (Wildman–Crippen LogP) is 1.18. The monoisotopic (exact) mass is 202 g/mol. The van der Waals surface area contributed by atoms with Crippen molar-refractivity contribution in [1.82, 2.24) is 4.98 Å². The van der Waals surface area contributed by atoms with E-state index in [1.54, 1.807) is 6.92 Å². The Bertz CT molecular complexity index is 307. The molecule has 0 spiro atoms. The van der Waals surface area contributed by atoms with Crippen molar-refractivity contribution in [1.29, 1.82) is 0 Å². The standard InChI is InChI=1S/C9H12F2N2O/c1-2-13(3-4-14)9-8(11)5-7(10)6-12-9/h5-6,14H,2-4H2,1H3. The SMILES string of the molecule is CCN(CCO)c1ncc(F)cc1F. The maximum Gasteiger partial charge on any atom is 0.168 e. The van der Waals surface area contributed by atoms with Gasteiger partial charge in [0.05, 0.1) is 12.8 Å². The summed E-state index contributed by atoms with van der Waals surface area (Å²) >= 11 is 0. The van der Waals surface area contributed by atoms with E-state index in [2.05, 4.69) is 4.98 Å². The second-order valence-corrected chi connectivity index (χ2v) is 2.76. The summed E-state index contributed by atoms with van der Waals surface area (Å²) in [6, 6.07) is 0.780. The van der Waals surface area contributed by atoms with Crippen molar-refractivity contribution < 1.29 is 13.9 Å². The summed E-state index contributed by atoms with van der Waals surface area (Å²) in [5, 5.41) is 8.71. The molecule has 0 aliphatic rings. The second kappa shape index (κ2) is 4.85. The van der Waals surface area contributed by atoms with Gasteiger partial charge in [-0.1, -0.05) is 0 Å². The number of anilines is 1. The Morgan fingerprint density at radius 3 is 2.71 bits per heavy atom. The summed E-state index contributed by atoms with van der Waals surface area (Å²) in [5.41, 5.74) is 0. The van der Waals surface area contributed by atoms with E-state index in [9.17, 15) is 8.78 Å². The zero-order valence-electron chi connectivity index (χ0n) is 7.87. The lowest BCUT2D eigenvalue weighted by molar-refractivity contribution is 0.301. The Labute approximate surface area is 81.0 Å². The number of hydrogen-bond donors (Lipinski definition) is 1. The quantitative estimate of drug-likeness (QED) is 0.796. The average Bonchev–Trinajstić information content (AvgIpc) is 2.15. The summed E-state index contributed by atoms with van der Waals surface area (Å²) in [6.45, 7) is 2.51. The molecule has 0 aliphatic heterocycles. The van der Waals surface area contributed by atoms with Crippen LogP contribution in [0.25, 0.3) is 0 Å². The first kappa shape index (κ1) is 10.8. The smallest absolute Gasteiger partial charge is 0.168 e. The number of pyridine rings is 1. The maximum atomic E-state index is 13.2. The van der Waals surface area contributed by atoms with Crippen LogP contribution in [0.5, 0.6) is 0 Å². The van der Waals surface area contributed by atoms with Gasteiger partial charge in [-0.2, -0.15) is 0 Å². The minimum Gasteiger partial charge on any atom is -0.395 e. The van der Waals surface area contributed by atoms with Crippen LogP contribution < -0.4 is 4.90 Å². The van der Waals surface area contributed by atoms with E-state index in [4.69, 9.17) is 5.11 Å². The van der Waals surface area contributed by atoms with Crippen LogP contribution in [-0.2, 0) is 0 Å². The van der Waals surface area contributed by atoms with Crippen LogP contribution in [0, 0.1) is 11.6 Å². The molecule has 0 atom stereocenters. The number of aromatic nitrogens is 1. The van der Waals surface area contributed by atoms with E-state index in [-0.39, 0.29) is 19.0 Å². The fraction of sp³-hybridized carbons (Fsp3) is 0.444. The summed E-state index contributed by atoms with van der Waals surface area (Å²) < 4.78 is 25.7. The van der Waals surface area contributed by atoms with Gasteiger partial charge < -0.3 is 10.0 Å². The predicted molar refractivity (Wildman–Crippen MR) is 49.1 cm³/mol. The van der Waals surface area contributed by atoms with E-state index in [0.717, 1.165) is 12.3 Å². The highest BCUT2D eigenvalue weighted by Gasteiger charge is 2.11. The van der Waals surface area contributed by atoms with Crippen molar-refractivity contribution in [3.05, 3.63) is 23.9 Å². The van der Waals surface area contributed by atoms with Crippen LogP contribution in [0.1, 0.15) is 6.92 Å². The molecule has 1 heterocycles. The number of rotatable bonds is 4. The topological polar surface area (TPSA) is 36.4 Å². The molecule has 0 bridgehead atoms. The van der Waals surface area contributed by atoms with Gasteiger partial charge in [-0.05, 0) is 6.92 Å². The first-order valence-electron chi connectivity index (χ1n) is 4.36. The van der Waals surface area contributed by atoms with Crippen LogP contribution in [0.15, 0.2) is 12.3 Å². The van der Waals surface area contributed by atoms with Gasteiger partial charge >= 0.3 is 0 Å². The lowest BCUT2D eigenvalue weighted by Gasteiger charge is -2.20. The van der Waals surface area contributed by atoms with Crippen LogP contribution >= 0.6 is 0 Å². The molecular formula is C9H12F2N2O. The lowest BCUT2D eigenvalue weighted by atomic mass is 10.4. The van der Waals surface area contributed by atoms with Gasteiger partial charge in [-0.25, -0.2) is 13.8 Å². The van der Waals surface area contributed by atoms with Gasteiger partial charge in [-0.3, -0.25) is 0 Å². The normalized spacial score (nSPS) is 10.3. The molecule has 0 saturated carbocycles. The first-order valence-corrected chi connectivity index (χ1v) is 4.36. The lowest BCUT2D eigenvalue weighted by Crippen LogP contribution is -2.28. The zero-order chi connectivity index (χ0) is 10.6. The molecular weight excluding hydrogens is 190 g/mol. The van der Waals surface area contributed by atoms with Crippen molar-refractivity contribution in [2.75, 3.05) is 24.6 Å². The number of aliphatic hydroxyl groups excluding tert-OH is 1. The summed E-state index contributed by atoms with van der Waals surface area (Å²) in [4.78, 5) is 5.17. The van der Waals surface area contributed by atoms with Gasteiger partial charge in [0.25, 0.3) is 0 Å². The zero-order valence-corrected chi connectivity index (χ0v) is 7.87. The Kier molecular flexibility index (Phi) is 3.76. The molecule has 3 nitrogen and oxygen atoms in total. The fourth-order valence-electron chi connectivity index (χ4n) is 1.17. The molecule has 1 rings (SSSR count). The van der Waals surface area contributed by atoms with E-state index < -0.39 is 11.6 Å². The number of likely N-dealkylation sites (N-methyl/N-ethyl adjacent to an activating group) is 1. The second-order valence-electron chi connectivity index (χ2n) is 2.76. The molecule has 5 heteroatoms. The Morgan fingerprint density at radius 2 is 2.21 bits per heavy atom. The van der Waals surface area contributed by atoms with E-state index in [0.29, 0.717) is 6.54 Å². The van der Waals surface area contributed by atoms with E-state index in [1.807, 2.05) is 0 Å².